The molecule has 4 aliphatic carbocycles. The van der Waals surface area contributed by atoms with Gasteiger partial charge in [0.25, 0.3) is 5.92 Å². The van der Waals surface area contributed by atoms with Crippen LogP contribution in [0, 0.1) is 28.6 Å². The standard InChI is InChI=1S/C21H28F2O2/c1-4-20(25)19(3)10-8-16-15(17(19)12-21(20,22)23)6-5-13-11-14(24)7-9-18(13,16)2/h4,11,15-17,25H,1,5-10,12H2,2-3H3/t15-,16-,17+,18+,19+,20?/m1/s1. The van der Waals surface area contributed by atoms with Crippen molar-refractivity contribution in [1.82, 2.24) is 0 Å². The van der Waals surface area contributed by atoms with Crippen LogP contribution in [0.1, 0.15) is 58.8 Å². The number of carbonyl (C=O) groups excluding carboxylic acids is 1. The van der Waals surface area contributed by atoms with E-state index in [1.165, 1.54) is 5.57 Å². The highest BCUT2D eigenvalue weighted by molar-refractivity contribution is 5.91. The summed E-state index contributed by atoms with van der Waals surface area (Å²) in [6, 6.07) is 0. The molecule has 0 saturated heterocycles. The summed E-state index contributed by atoms with van der Waals surface area (Å²) in [5, 5.41) is 10.9. The average molecular weight is 350 g/mol. The molecular formula is C21H28F2O2. The van der Waals surface area contributed by atoms with Crippen LogP contribution < -0.4 is 0 Å². The first-order valence-electron chi connectivity index (χ1n) is 9.57. The predicted octanol–water partition coefficient (Wildman–Crippen LogP) is 4.68. The van der Waals surface area contributed by atoms with Gasteiger partial charge in [0.05, 0.1) is 0 Å². The zero-order chi connectivity index (χ0) is 18.3. The van der Waals surface area contributed by atoms with Crippen LogP contribution in [0.4, 0.5) is 8.78 Å². The van der Waals surface area contributed by atoms with E-state index in [2.05, 4.69) is 13.5 Å². The van der Waals surface area contributed by atoms with Crippen LogP contribution >= 0.6 is 0 Å². The van der Waals surface area contributed by atoms with Crippen molar-refractivity contribution in [1.29, 1.82) is 0 Å². The number of halogens is 2. The minimum atomic E-state index is -3.12. The molecule has 3 fully saturated rings. The molecule has 25 heavy (non-hydrogen) atoms. The molecule has 1 unspecified atom stereocenters. The molecule has 0 aliphatic heterocycles. The largest absolute Gasteiger partial charge is 0.379 e. The average Bonchev–Trinajstić information content (AvgIpc) is 2.72. The summed E-state index contributed by atoms with van der Waals surface area (Å²) in [6.45, 7) is 7.64. The number of allylic oxidation sites excluding steroid dienone is 1. The lowest BCUT2D eigenvalue weighted by Crippen LogP contribution is -2.57. The SMILES string of the molecule is C=CC1(O)C(F)(F)C[C@H]2[C@@H]3CCC4=CC(=O)CC[C@]4(C)[C@@H]3CC[C@@]21C. The fourth-order valence-corrected chi connectivity index (χ4v) is 6.96. The molecule has 0 heterocycles. The van der Waals surface area contributed by atoms with Crippen molar-refractivity contribution >= 4 is 5.78 Å². The van der Waals surface area contributed by atoms with Gasteiger partial charge >= 0.3 is 0 Å². The number of carbonyl (C=O) groups is 1. The molecule has 138 valence electrons. The molecule has 0 bridgehead atoms. The first-order chi connectivity index (χ1) is 11.6. The summed E-state index contributed by atoms with van der Waals surface area (Å²) in [4.78, 5) is 11.8. The fraction of sp³-hybridized carbons (Fsp3) is 0.762. The van der Waals surface area contributed by atoms with E-state index in [0.717, 1.165) is 31.8 Å². The molecule has 4 aliphatic rings. The van der Waals surface area contributed by atoms with Crippen LogP contribution in [-0.4, -0.2) is 22.4 Å². The summed E-state index contributed by atoms with van der Waals surface area (Å²) in [5.41, 5.74) is -1.74. The van der Waals surface area contributed by atoms with Gasteiger partial charge in [0.1, 0.15) is 0 Å². The number of rotatable bonds is 1. The summed E-state index contributed by atoms with van der Waals surface area (Å²) in [5.74, 6) is -2.58. The van der Waals surface area contributed by atoms with Gasteiger partial charge in [-0.05, 0) is 61.3 Å². The van der Waals surface area contributed by atoms with Crippen molar-refractivity contribution in [3.63, 3.8) is 0 Å². The van der Waals surface area contributed by atoms with E-state index in [-0.39, 0.29) is 29.5 Å². The van der Waals surface area contributed by atoms with Gasteiger partial charge in [0.15, 0.2) is 11.4 Å². The minimum Gasteiger partial charge on any atom is -0.379 e. The lowest BCUT2D eigenvalue weighted by Gasteiger charge is -2.58. The quantitative estimate of drug-likeness (QED) is 0.697. The van der Waals surface area contributed by atoms with Crippen LogP contribution in [0.15, 0.2) is 24.3 Å². The maximum Gasteiger partial charge on any atom is 0.280 e. The summed E-state index contributed by atoms with van der Waals surface area (Å²) in [7, 11) is 0. The van der Waals surface area contributed by atoms with Crippen LogP contribution in [0.25, 0.3) is 0 Å². The molecule has 1 N–H and O–H groups in total. The molecule has 3 saturated carbocycles. The smallest absolute Gasteiger partial charge is 0.280 e. The van der Waals surface area contributed by atoms with Gasteiger partial charge in [-0.15, -0.1) is 0 Å². The lowest BCUT2D eigenvalue weighted by atomic mass is 9.46. The van der Waals surface area contributed by atoms with E-state index < -0.39 is 16.9 Å². The van der Waals surface area contributed by atoms with Crippen LogP contribution in [-0.2, 0) is 4.79 Å². The maximum absolute atomic E-state index is 14.8. The third-order valence-electron chi connectivity index (χ3n) is 8.55. The molecule has 6 atom stereocenters. The Morgan fingerprint density at radius 2 is 1.92 bits per heavy atom. The highest BCUT2D eigenvalue weighted by Gasteiger charge is 2.73. The minimum absolute atomic E-state index is 0.0394. The molecule has 0 aromatic heterocycles. The van der Waals surface area contributed by atoms with Gasteiger partial charge in [-0.1, -0.05) is 32.1 Å². The highest BCUT2D eigenvalue weighted by atomic mass is 19.3. The van der Waals surface area contributed by atoms with Gasteiger partial charge in [0.2, 0.25) is 0 Å². The monoisotopic (exact) mass is 350 g/mol. The highest BCUT2D eigenvalue weighted by Crippen LogP contribution is 2.70. The molecule has 0 amide bonds. The Morgan fingerprint density at radius 1 is 1.20 bits per heavy atom. The van der Waals surface area contributed by atoms with Crippen molar-refractivity contribution in [3.8, 4) is 0 Å². The van der Waals surface area contributed by atoms with E-state index in [1.54, 1.807) is 0 Å². The zero-order valence-corrected chi connectivity index (χ0v) is 15.2. The number of ketones is 1. The first-order valence-corrected chi connectivity index (χ1v) is 9.57. The topological polar surface area (TPSA) is 37.3 Å². The van der Waals surface area contributed by atoms with Gasteiger partial charge in [0, 0.05) is 18.3 Å². The number of alkyl halides is 2. The molecule has 0 spiro atoms. The van der Waals surface area contributed by atoms with Crippen LogP contribution in [0.5, 0.6) is 0 Å². The number of fused-ring (bicyclic) bond motifs is 5. The zero-order valence-electron chi connectivity index (χ0n) is 15.2. The first kappa shape index (κ1) is 17.4. The maximum atomic E-state index is 14.8. The van der Waals surface area contributed by atoms with Gasteiger partial charge in [-0.2, -0.15) is 0 Å². The van der Waals surface area contributed by atoms with E-state index in [9.17, 15) is 18.7 Å². The molecule has 0 aromatic carbocycles. The number of hydrogen-bond donors (Lipinski definition) is 1. The summed E-state index contributed by atoms with van der Waals surface area (Å²) in [6.07, 6.45) is 7.19. The van der Waals surface area contributed by atoms with Gasteiger partial charge in [-0.25, -0.2) is 8.78 Å². The van der Waals surface area contributed by atoms with Crippen molar-refractivity contribution < 1.29 is 18.7 Å². The third kappa shape index (κ3) is 1.95. The second kappa shape index (κ2) is 5.03. The van der Waals surface area contributed by atoms with E-state index >= 15 is 0 Å². The Labute approximate surface area is 148 Å². The molecular weight excluding hydrogens is 322 g/mol. The second-order valence-electron chi connectivity index (χ2n) is 9.30. The Morgan fingerprint density at radius 3 is 2.60 bits per heavy atom. The van der Waals surface area contributed by atoms with E-state index in [4.69, 9.17) is 0 Å². The number of aliphatic hydroxyl groups is 1. The predicted molar refractivity (Wildman–Crippen MR) is 92.2 cm³/mol. The van der Waals surface area contributed by atoms with Crippen molar-refractivity contribution in [3.05, 3.63) is 24.3 Å². The lowest BCUT2D eigenvalue weighted by molar-refractivity contribution is -0.181. The van der Waals surface area contributed by atoms with Gasteiger partial charge < -0.3 is 5.11 Å². The Bertz CT molecular complexity index is 669. The third-order valence-corrected chi connectivity index (χ3v) is 8.55. The van der Waals surface area contributed by atoms with Crippen LogP contribution in [0.3, 0.4) is 0 Å². The van der Waals surface area contributed by atoms with E-state index in [0.29, 0.717) is 18.8 Å². The number of hydrogen-bond acceptors (Lipinski definition) is 2. The normalized spacial score (nSPS) is 51.2. The fourth-order valence-electron chi connectivity index (χ4n) is 6.96. The van der Waals surface area contributed by atoms with Crippen molar-refractivity contribution in [2.24, 2.45) is 28.6 Å². The Hall–Kier alpha value is -1.03. The Kier molecular flexibility index (Phi) is 3.50. The van der Waals surface area contributed by atoms with Crippen LogP contribution in [0.2, 0.25) is 0 Å². The molecule has 0 aromatic rings. The molecule has 0 radical (unpaired) electrons. The molecule has 4 heteroatoms. The van der Waals surface area contributed by atoms with Crippen molar-refractivity contribution in [2.45, 2.75) is 70.3 Å². The Balaban J connectivity index is 1.74. The van der Waals surface area contributed by atoms with Gasteiger partial charge in [-0.3, -0.25) is 4.79 Å². The second-order valence-corrected chi connectivity index (χ2v) is 9.30. The summed E-state index contributed by atoms with van der Waals surface area (Å²) < 4.78 is 29.6. The molecule has 2 nitrogen and oxygen atoms in total. The molecule has 4 rings (SSSR count). The summed E-state index contributed by atoms with van der Waals surface area (Å²) >= 11 is 0. The van der Waals surface area contributed by atoms with E-state index in [1.807, 2.05) is 13.0 Å². The van der Waals surface area contributed by atoms with Crippen molar-refractivity contribution in [2.75, 3.05) is 0 Å².